The second-order valence-corrected chi connectivity index (χ2v) is 9.47. The average Bonchev–Trinajstić information content (AvgIpc) is 3.29. The maximum Gasteiger partial charge on any atom is 0.408 e. The smallest absolute Gasteiger partial charge is 0.408 e. The van der Waals surface area contributed by atoms with Gasteiger partial charge in [-0.2, -0.15) is 0 Å². The van der Waals surface area contributed by atoms with Gasteiger partial charge in [0.05, 0.1) is 5.54 Å². The zero-order chi connectivity index (χ0) is 25.0. The Morgan fingerprint density at radius 1 is 1.14 bits per heavy atom. The number of halogens is 1. The highest BCUT2D eigenvalue weighted by molar-refractivity contribution is 7.15. The van der Waals surface area contributed by atoms with Gasteiger partial charge in [-0.05, 0) is 37.1 Å². The highest BCUT2D eigenvalue weighted by Crippen LogP contribution is 2.30. The summed E-state index contributed by atoms with van der Waals surface area (Å²) in [5.41, 5.74) is -0.146. The van der Waals surface area contributed by atoms with E-state index in [0.29, 0.717) is 11.4 Å². The van der Waals surface area contributed by atoms with Crippen molar-refractivity contribution in [3.8, 4) is 16.5 Å². The summed E-state index contributed by atoms with van der Waals surface area (Å²) in [6.45, 7) is 3.39. The van der Waals surface area contributed by atoms with Crippen molar-refractivity contribution in [2.24, 2.45) is 0 Å². The van der Waals surface area contributed by atoms with Crippen LogP contribution in [0.3, 0.4) is 0 Å². The number of rotatable bonds is 7. The Morgan fingerprint density at radius 2 is 1.86 bits per heavy atom. The molecule has 8 nitrogen and oxygen atoms in total. The third kappa shape index (κ3) is 5.90. The Morgan fingerprint density at radius 3 is 2.57 bits per heavy atom. The van der Waals surface area contributed by atoms with Crippen LogP contribution in [0.1, 0.15) is 35.7 Å². The molecule has 0 spiro atoms. The zero-order valence-electron chi connectivity index (χ0n) is 19.0. The van der Waals surface area contributed by atoms with Crippen LogP contribution in [-0.4, -0.2) is 26.2 Å². The summed E-state index contributed by atoms with van der Waals surface area (Å²) in [5, 5.41) is 13.4. The third-order valence-corrected chi connectivity index (χ3v) is 6.17. The second kappa shape index (κ2) is 10.1. The van der Waals surface area contributed by atoms with Crippen molar-refractivity contribution in [2.45, 2.75) is 32.4 Å². The topological polar surface area (TPSA) is 117 Å². The fraction of sp³-hybridized carbons (Fsp3) is 0.200. The summed E-state index contributed by atoms with van der Waals surface area (Å²) >= 11 is 1.25. The summed E-state index contributed by atoms with van der Waals surface area (Å²) in [6, 6.07) is 15.4. The highest BCUT2D eigenvalue weighted by Gasteiger charge is 2.29. The van der Waals surface area contributed by atoms with Crippen LogP contribution in [0.25, 0.3) is 10.7 Å². The minimum Gasteiger partial charge on any atom is -0.501 e. The summed E-state index contributed by atoms with van der Waals surface area (Å²) in [4.78, 5) is 36.9. The number of thiazole rings is 1. The molecule has 0 saturated carbocycles. The van der Waals surface area contributed by atoms with Gasteiger partial charge in [-0.1, -0.05) is 42.5 Å². The number of aromatic amines is 1. The molecule has 0 unspecified atom stereocenters. The van der Waals surface area contributed by atoms with Crippen molar-refractivity contribution in [3.05, 3.63) is 98.8 Å². The SMILES string of the molecule is CC(C)(NC(=O)OCc1ccccc1)c1nc(-c2ncc(Cc3ccc(F)cc3)s2)c(O)c(=O)[nH]1. The van der Waals surface area contributed by atoms with Crippen LogP contribution in [0.4, 0.5) is 9.18 Å². The summed E-state index contributed by atoms with van der Waals surface area (Å²) in [6.07, 6.45) is 1.44. The number of benzene rings is 2. The fourth-order valence-corrected chi connectivity index (χ4v) is 4.22. The molecule has 2 aromatic carbocycles. The fourth-order valence-electron chi connectivity index (χ4n) is 3.29. The average molecular weight is 495 g/mol. The van der Waals surface area contributed by atoms with Crippen LogP contribution >= 0.6 is 11.3 Å². The number of H-pyrrole nitrogens is 1. The molecule has 3 N–H and O–H groups in total. The predicted molar refractivity (Wildman–Crippen MR) is 130 cm³/mol. The van der Waals surface area contributed by atoms with Gasteiger partial charge in [-0.15, -0.1) is 11.3 Å². The number of alkyl carbamates (subject to hydrolysis) is 1. The van der Waals surface area contributed by atoms with Crippen molar-refractivity contribution in [2.75, 3.05) is 0 Å². The van der Waals surface area contributed by atoms with E-state index in [4.69, 9.17) is 4.74 Å². The molecule has 35 heavy (non-hydrogen) atoms. The van der Waals surface area contributed by atoms with Crippen LogP contribution in [0.15, 0.2) is 65.6 Å². The number of ether oxygens (including phenoxy) is 1. The van der Waals surface area contributed by atoms with Crippen molar-refractivity contribution < 1.29 is 19.0 Å². The Bertz CT molecular complexity index is 1380. The third-order valence-electron chi connectivity index (χ3n) is 5.16. The predicted octanol–water partition coefficient (Wildman–Crippen LogP) is 4.49. The number of aromatic nitrogens is 3. The highest BCUT2D eigenvalue weighted by atomic mass is 32.1. The van der Waals surface area contributed by atoms with Crippen molar-refractivity contribution in [1.29, 1.82) is 0 Å². The van der Waals surface area contributed by atoms with Gasteiger partial charge in [0.15, 0.2) is 0 Å². The molecule has 2 aromatic heterocycles. The normalized spacial score (nSPS) is 11.3. The van der Waals surface area contributed by atoms with E-state index in [0.717, 1.165) is 16.0 Å². The Hall–Kier alpha value is -4.05. The lowest BCUT2D eigenvalue weighted by Gasteiger charge is -2.25. The number of amides is 1. The first-order valence-electron chi connectivity index (χ1n) is 10.7. The van der Waals surface area contributed by atoms with Gasteiger partial charge in [-0.3, -0.25) is 4.79 Å². The van der Waals surface area contributed by atoms with Crippen LogP contribution in [0.2, 0.25) is 0 Å². The monoisotopic (exact) mass is 494 g/mol. The molecule has 0 atom stereocenters. The maximum atomic E-state index is 13.2. The molecule has 1 amide bonds. The van der Waals surface area contributed by atoms with E-state index in [1.807, 2.05) is 30.3 Å². The molecule has 0 fully saturated rings. The van der Waals surface area contributed by atoms with Crippen LogP contribution in [0.5, 0.6) is 5.75 Å². The minimum absolute atomic E-state index is 0.00614. The van der Waals surface area contributed by atoms with Gasteiger partial charge >= 0.3 is 6.09 Å². The van der Waals surface area contributed by atoms with Gasteiger partial charge < -0.3 is 20.1 Å². The van der Waals surface area contributed by atoms with Gasteiger partial charge in [0.1, 0.15) is 29.0 Å². The number of carbonyl (C=O) groups is 1. The first-order chi connectivity index (χ1) is 16.7. The molecule has 180 valence electrons. The maximum absolute atomic E-state index is 13.2. The van der Waals surface area contributed by atoms with E-state index in [1.165, 1.54) is 23.5 Å². The summed E-state index contributed by atoms with van der Waals surface area (Å²) in [5.74, 6) is -0.759. The lowest BCUT2D eigenvalue weighted by molar-refractivity contribution is 0.128. The lowest BCUT2D eigenvalue weighted by atomic mass is 10.0. The van der Waals surface area contributed by atoms with Gasteiger partial charge in [-0.25, -0.2) is 19.2 Å². The Kier molecular flexibility index (Phi) is 6.92. The van der Waals surface area contributed by atoms with Crippen LogP contribution < -0.4 is 10.9 Å². The molecule has 10 heteroatoms. The van der Waals surface area contributed by atoms with E-state index in [1.54, 1.807) is 32.2 Å². The Balaban J connectivity index is 1.52. The van der Waals surface area contributed by atoms with E-state index >= 15 is 0 Å². The van der Waals surface area contributed by atoms with Gasteiger partial charge in [0, 0.05) is 17.5 Å². The molecular weight excluding hydrogens is 471 g/mol. The lowest BCUT2D eigenvalue weighted by Crippen LogP contribution is -2.43. The summed E-state index contributed by atoms with van der Waals surface area (Å²) < 4.78 is 18.4. The molecule has 0 aliphatic rings. The van der Waals surface area contributed by atoms with E-state index in [-0.39, 0.29) is 23.9 Å². The quantitative estimate of drug-likeness (QED) is 0.349. The molecule has 4 aromatic rings. The number of nitrogens with one attached hydrogen (secondary N) is 2. The standard InChI is InChI=1S/C25H23FN4O4S/c1-25(2,30-24(33)34-14-16-6-4-3-5-7-16)23-28-19(20(31)21(32)29-23)22-27-13-18(35-22)12-15-8-10-17(26)11-9-15/h3-11,13,31H,12,14H2,1-2H3,(H,30,33)(H,28,29,32). The van der Waals surface area contributed by atoms with Crippen molar-refractivity contribution in [3.63, 3.8) is 0 Å². The van der Waals surface area contributed by atoms with E-state index in [9.17, 15) is 19.1 Å². The number of nitrogens with zero attached hydrogens (tertiary/aromatic N) is 2. The minimum atomic E-state index is -1.12. The number of hydrogen-bond donors (Lipinski definition) is 3. The molecule has 2 heterocycles. The molecule has 0 radical (unpaired) electrons. The molecule has 0 saturated heterocycles. The number of hydrogen-bond acceptors (Lipinski definition) is 7. The summed E-state index contributed by atoms with van der Waals surface area (Å²) in [7, 11) is 0. The molecule has 0 bridgehead atoms. The molecule has 0 aliphatic carbocycles. The van der Waals surface area contributed by atoms with Crippen LogP contribution in [-0.2, 0) is 23.3 Å². The number of carbonyl (C=O) groups excluding carboxylic acids is 1. The number of aromatic hydroxyl groups is 1. The van der Waals surface area contributed by atoms with Gasteiger partial charge in [0.2, 0.25) is 5.75 Å². The van der Waals surface area contributed by atoms with Crippen molar-refractivity contribution >= 4 is 17.4 Å². The zero-order valence-corrected chi connectivity index (χ0v) is 19.9. The van der Waals surface area contributed by atoms with Crippen molar-refractivity contribution in [1.82, 2.24) is 20.3 Å². The van der Waals surface area contributed by atoms with Crippen LogP contribution in [0, 0.1) is 5.82 Å². The molecular formula is C25H23FN4O4S. The molecule has 4 rings (SSSR count). The first kappa shape index (κ1) is 24.1. The first-order valence-corrected chi connectivity index (χ1v) is 11.5. The second-order valence-electron chi connectivity index (χ2n) is 8.36. The molecule has 0 aliphatic heterocycles. The van der Waals surface area contributed by atoms with E-state index in [2.05, 4.69) is 20.3 Å². The van der Waals surface area contributed by atoms with Gasteiger partial charge in [0.25, 0.3) is 5.56 Å². The largest absolute Gasteiger partial charge is 0.501 e. The Labute approximate surface area is 204 Å². The van der Waals surface area contributed by atoms with E-state index < -0.39 is 22.9 Å².